The highest BCUT2D eigenvalue weighted by atomic mass is 16.2. The number of nitrogens with zero attached hydrogens (tertiary/aromatic N) is 1. The highest BCUT2D eigenvalue weighted by Crippen LogP contribution is 2.23. The fourth-order valence-corrected chi connectivity index (χ4v) is 2.72. The van der Waals surface area contributed by atoms with Gasteiger partial charge in [0.1, 0.15) is 0 Å². The molecule has 3 aromatic carbocycles. The Morgan fingerprint density at radius 1 is 0.750 bits per heavy atom. The largest absolute Gasteiger partial charge is 0.315 e. The molecule has 24 heavy (non-hydrogen) atoms. The molecule has 0 atom stereocenters. The molecule has 0 aliphatic carbocycles. The molecule has 0 saturated heterocycles. The van der Waals surface area contributed by atoms with Crippen LogP contribution in [0, 0.1) is 0 Å². The van der Waals surface area contributed by atoms with Crippen LogP contribution in [0.25, 0.3) is 11.1 Å². The van der Waals surface area contributed by atoms with E-state index < -0.39 is 0 Å². The zero-order valence-electron chi connectivity index (χ0n) is 13.9. The molecular formula is C22H21NO. The fraction of sp³-hybridized carbons (Fsp3) is 0.136. The summed E-state index contributed by atoms with van der Waals surface area (Å²) in [5, 5.41) is 0. The van der Waals surface area contributed by atoms with Gasteiger partial charge in [-0.3, -0.25) is 4.79 Å². The first-order valence-electron chi connectivity index (χ1n) is 8.20. The molecule has 120 valence electrons. The van der Waals surface area contributed by atoms with E-state index in [4.69, 9.17) is 0 Å². The minimum absolute atomic E-state index is 0.131. The molecule has 0 radical (unpaired) electrons. The lowest BCUT2D eigenvalue weighted by Gasteiger charge is -2.18. The molecule has 1 amide bonds. The van der Waals surface area contributed by atoms with Crippen LogP contribution in [-0.4, -0.2) is 13.0 Å². The van der Waals surface area contributed by atoms with Crippen LogP contribution in [-0.2, 0) is 11.2 Å². The van der Waals surface area contributed by atoms with Crippen molar-refractivity contribution in [2.24, 2.45) is 0 Å². The first-order valence-corrected chi connectivity index (χ1v) is 8.20. The van der Waals surface area contributed by atoms with Gasteiger partial charge in [0.25, 0.3) is 0 Å². The number of hydrogen-bond donors (Lipinski definition) is 0. The number of carbonyl (C=O) groups excluding carboxylic acids is 1. The lowest BCUT2D eigenvalue weighted by atomic mass is 10.1. The van der Waals surface area contributed by atoms with E-state index in [2.05, 4.69) is 36.4 Å². The van der Waals surface area contributed by atoms with Crippen molar-refractivity contribution in [1.29, 1.82) is 0 Å². The van der Waals surface area contributed by atoms with Gasteiger partial charge < -0.3 is 4.90 Å². The second kappa shape index (κ2) is 7.60. The Kier molecular flexibility index (Phi) is 5.07. The highest BCUT2D eigenvalue weighted by molar-refractivity contribution is 5.93. The molecule has 0 saturated carbocycles. The maximum atomic E-state index is 12.4. The van der Waals surface area contributed by atoms with Gasteiger partial charge in [0, 0.05) is 19.2 Å². The quantitative estimate of drug-likeness (QED) is 0.652. The number of benzene rings is 3. The van der Waals surface area contributed by atoms with Crippen molar-refractivity contribution in [1.82, 2.24) is 0 Å². The first kappa shape index (κ1) is 16.0. The summed E-state index contributed by atoms with van der Waals surface area (Å²) >= 11 is 0. The molecule has 0 aliphatic heterocycles. The smallest absolute Gasteiger partial charge is 0.227 e. The molecule has 0 aliphatic rings. The molecule has 2 nitrogen and oxygen atoms in total. The summed E-state index contributed by atoms with van der Waals surface area (Å²) < 4.78 is 0. The summed E-state index contributed by atoms with van der Waals surface area (Å²) in [5.41, 5.74) is 4.46. The second-order valence-corrected chi connectivity index (χ2v) is 5.85. The van der Waals surface area contributed by atoms with Crippen molar-refractivity contribution >= 4 is 11.6 Å². The summed E-state index contributed by atoms with van der Waals surface area (Å²) in [6.07, 6.45) is 1.28. The summed E-state index contributed by atoms with van der Waals surface area (Å²) in [5.74, 6) is 0.131. The van der Waals surface area contributed by atoms with E-state index in [0.717, 1.165) is 17.7 Å². The summed E-state index contributed by atoms with van der Waals surface area (Å²) in [7, 11) is 1.84. The third-order valence-corrected chi connectivity index (χ3v) is 4.21. The van der Waals surface area contributed by atoms with E-state index in [9.17, 15) is 4.79 Å². The van der Waals surface area contributed by atoms with E-state index in [-0.39, 0.29) is 5.91 Å². The second-order valence-electron chi connectivity index (χ2n) is 5.85. The Labute approximate surface area is 143 Å². The normalized spacial score (nSPS) is 10.4. The SMILES string of the molecule is CN(C(=O)CCc1ccccc1)c1ccc(-c2ccccc2)cc1. The molecule has 0 spiro atoms. The molecule has 2 heteroatoms. The summed E-state index contributed by atoms with van der Waals surface area (Å²) in [6.45, 7) is 0. The fourth-order valence-electron chi connectivity index (χ4n) is 2.72. The van der Waals surface area contributed by atoms with Crippen molar-refractivity contribution in [2.45, 2.75) is 12.8 Å². The molecule has 3 aromatic rings. The molecule has 0 N–H and O–H groups in total. The van der Waals surface area contributed by atoms with Crippen LogP contribution < -0.4 is 4.90 Å². The molecule has 3 rings (SSSR count). The number of hydrogen-bond acceptors (Lipinski definition) is 1. The van der Waals surface area contributed by atoms with Crippen LogP contribution in [0.15, 0.2) is 84.9 Å². The van der Waals surface area contributed by atoms with Gasteiger partial charge in [-0.2, -0.15) is 0 Å². The van der Waals surface area contributed by atoms with E-state index >= 15 is 0 Å². The van der Waals surface area contributed by atoms with Gasteiger partial charge in [0.15, 0.2) is 0 Å². The zero-order chi connectivity index (χ0) is 16.8. The number of aryl methyl sites for hydroxylation is 1. The summed E-state index contributed by atoms with van der Waals surface area (Å²) in [6, 6.07) is 28.5. The maximum Gasteiger partial charge on any atom is 0.227 e. The van der Waals surface area contributed by atoms with Crippen LogP contribution in [0.2, 0.25) is 0 Å². The zero-order valence-corrected chi connectivity index (χ0v) is 13.9. The van der Waals surface area contributed by atoms with Crippen LogP contribution in [0.3, 0.4) is 0 Å². The van der Waals surface area contributed by atoms with Gasteiger partial charge in [-0.25, -0.2) is 0 Å². The Bertz CT molecular complexity index is 779. The molecule has 0 fully saturated rings. The summed E-state index contributed by atoms with van der Waals surface area (Å²) in [4.78, 5) is 14.1. The molecule has 0 unspecified atom stereocenters. The third kappa shape index (κ3) is 3.90. The van der Waals surface area contributed by atoms with Gasteiger partial charge in [-0.1, -0.05) is 72.8 Å². The minimum atomic E-state index is 0.131. The van der Waals surface area contributed by atoms with E-state index in [1.165, 1.54) is 11.1 Å². The lowest BCUT2D eigenvalue weighted by Crippen LogP contribution is -2.26. The van der Waals surface area contributed by atoms with E-state index in [1.807, 2.05) is 55.6 Å². The van der Waals surface area contributed by atoms with Gasteiger partial charge in [-0.15, -0.1) is 0 Å². The molecule has 0 heterocycles. The van der Waals surface area contributed by atoms with E-state index in [0.29, 0.717) is 6.42 Å². The Morgan fingerprint density at radius 2 is 1.29 bits per heavy atom. The third-order valence-electron chi connectivity index (χ3n) is 4.21. The Balaban J connectivity index is 1.64. The topological polar surface area (TPSA) is 20.3 Å². The Morgan fingerprint density at radius 3 is 1.92 bits per heavy atom. The van der Waals surface area contributed by atoms with Crippen LogP contribution >= 0.6 is 0 Å². The predicted octanol–water partition coefficient (Wildman–Crippen LogP) is 4.95. The van der Waals surface area contributed by atoms with Crippen LogP contribution in [0.1, 0.15) is 12.0 Å². The Hall–Kier alpha value is -2.87. The van der Waals surface area contributed by atoms with Crippen molar-refractivity contribution in [3.8, 4) is 11.1 Å². The van der Waals surface area contributed by atoms with Gasteiger partial charge in [0.05, 0.1) is 0 Å². The molecule has 0 aromatic heterocycles. The average molecular weight is 315 g/mol. The van der Waals surface area contributed by atoms with Gasteiger partial charge in [-0.05, 0) is 35.2 Å². The predicted molar refractivity (Wildman–Crippen MR) is 100 cm³/mol. The van der Waals surface area contributed by atoms with Crippen molar-refractivity contribution in [3.63, 3.8) is 0 Å². The number of amides is 1. The molecular weight excluding hydrogens is 294 g/mol. The lowest BCUT2D eigenvalue weighted by molar-refractivity contribution is -0.118. The monoisotopic (exact) mass is 315 g/mol. The maximum absolute atomic E-state index is 12.4. The average Bonchev–Trinajstić information content (AvgIpc) is 2.67. The van der Waals surface area contributed by atoms with Crippen molar-refractivity contribution < 1.29 is 4.79 Å². The first-order chi connectivity index (χ1) is 11.7. The number of rotatable bonds is 5. The van der Waals surface area contributed by atoms with Crippen molar-refractivity contribution in [3.05, 3.63) is 90.5 Å². The van der Waals surface area contributed by atoms with Crippen LogP contribution in [0.4, 0.5) is 5.69 Å². The minimum Gasteiger partial charge on any atom is -0.315 e. The molecule has 0 bridgehead atoms. The number of carbonyl (C=O) groups is 1. The van der Waals surface area contributed by atoms with Gasteiger partial charge >= 0.3 is 0 Å². The standard InChI is InChI=1S/C22H21NO/c1-23(22(24)17-12-18-8-4-2-5-9-18)21-15-13-20(14-16-21)19-10-6-3-7-11-19/h2-11,13-16H,12,17H2,1H3. The van der Waals surface area contributed by atoms with Gasteiger partial charge in [0.2, 0.25) is 5.91 Å². The number of anilines is 1. The van der Waals surface area contributed by atoms with Crippen LogP contribution in [0.5, 0.6) is 0 Å². The van der Waals surface area contributed by atoms with Crippen molar-refractivity contribution in [2.75, 3.05) is 11.9 Å². The highest BCUT2D eigenvalue weighted by Gasteiger charge is 2.11. The van der Waals surface area contributed by atoms with E-state index in [1.54, 1.807) is 4.90 Å².